The van der Waals surface area contributed by atoms with Gasteiger partial charge in [-0.15, -0.1) is 0 Å². The number of carbonyl (C=O) groups excluding carboxylic acids is 2. The van der Waals surface area contributed by atoms with E-state index in [0.29, 0.717) is 12.0 Å². The first-order chi connectivity index (χ1) is 9.06. The fourth-order valence-electron chi connectivity index (χ4n) is 1.24. The summed E-state index contributed by atoms with van der Waals surface area (Å²) in [4.78, 5) is 30.9. The van der Waals surface area contributed by atoms with Crippen LogP contribution in [0.3, 0.4) is 0 Å². The van der Waals surface area contributed by atoms with E-state index in [1.807, 2.05) is 6.92 Å². The number of ether oxygens (including phenoxy) is 1. The van der Waals surface area contributed by atoms with Gasteiger partial charge in [0.05, 0.1) is 12.7 Å². The molecule has 1 atom stereocenters. The van der Waals surface area contributed by atoms with Crippen LogP contribution in [-0.4, -0.2) is 30.4 Å². The third-order valence-corrected chi connectivity index (χ3v) is 2.23. The Bertz CT molecular complexity index is 405. The number of hydrogen-bond acceptors (Lipinski definition) is 4. The van der Waals surface area contributed by atoms with Gasteiger partial charge in [0, 0.05) is 0 Å². The summed E-state index contributed by atoms with van der Waals surface area (Å²) in [6.07, 6.45) is 2.94. The molecule has 0 amide bonds. The third-order valence-electron chi connectivity index (χ3n) is 2.23. The van der Waals surface area contributed by atoms with Gasteiger partial charge in [0.15, 0.2) is 0 Å². The molecule has 1 aromatic carbocycles. The number of methoxy groups -OCH3 is 1. The van der Waals surface area contributed by atoms with Gasteiger partial charge in [-0.1, -0.05) is 38.0 Å². The number of benzene rings is 1. The maximum atomic E-state index is 10.6. The normalized spacial score (nSPS) is 10.1. The van der Waals surface area contributed by atoms with Crippen LogP contribution in [0.25, 0.3) is 0 Å². The minimum absolute atomic E-state index is 0. The van der Waals surface area contributed by atoms with Gasteiger partial charge in [-0.25, -0.2) is 4.79 Å². The topological polar surface area (TPSA) is 80.7 Å². The minimum Gasteiger partial charge on any atom is -0.541 e. The van der Waals surface area contributed by atoms with Crippen molar-refractivity contribution in [2.24, 2.45) is 5.92 Å². The average molecular weight is 304 g/mol. The van der Waals surface area contributed by atoms with Gasteiger partial charge in [-0.05, 0) is 18.1 Å². The maximum Gasteiger partial charge on any atom is 1.00 e. The van der Waals surface area contributed by atoms with Crippen molar-refractivity contribution in [1.29, 1.82) is 0 Å². The van der Waals surface area contributed by atoms with Gasteiger partial charge in [-0.3, -0.25) is 11.1 Å². The number of aromatic carboxylic acids is 1. The van der Waals surface area contributed by atoms with Crippen LogP contribution in [-0.2, 0) is 14.3 Å². The van der Waals surface area contributed by atoms with E-state index >= 15 is 0 Å². The molecular weight excluding hydrogens is 287 g/mol. The van der Waals surface area contributed by atoms with Crippen LogP contribution in [0, 0.1) is 5.92 Å². The minimum atomic E-state index is -0.879. The van der Waals surface area contributed by atoms with Gasteiger partial charge in [0.1, 0.15) is 0 Å². The summed E-state index contributed by atoms with van der Waals surface area (Å²) in [7, 11) is 1.27. The molecule has 0 heterocycles. The van der Waals surface area contributed by atoms with Crippen LogP contribution in [0.5, 0.6) is 0 Å². The first kappa shape index (κ1) is 21.8. The largest absolute Gasteiger partial charge is 1.00 e. The first-order valence-electron chi connectivity index (χ1n) is 5.80. The summed E-state index contributed by atoms with van der Waals surface area (Å²) in [6, 6.07) is 8.30. The molecule has 1 N–H and O–H groups in total. The van der Waals surface area contributed by atoms with Crippen molar-refractivity contribution < 1.29 is 75.6 Å². The van der Waals surface area contributed by atoms with Gasteiger partial charge < -0.3 is 14.6 Å². The number of carbonyl (C=O) groups is 2. The molecule has 0 aromatic heterocycles. The Morgan fingerprint density at radius 2 is 1.85 bits per heavy atom. The van der Waals surface area contributed by atoms with Crippen molar-refractivity contribution in [2.45, 2.75) is 19.8 Å². The Morgan fingerprint density at radius 3 is 2.15 bits per heavy atom. The van der Waals surface area contributed by atoms with E-state index in [9.17, 15) is 14.4 Å². The number of carboxylic acid groups (broad SMARTS) is 1. The molecule has 0 aliphatic rings. The summed E-state index contributed by atoms with van der Waals surface area (Å²) >= 11 is 0. The zero-order valence-corrected chi connectivity index (χ0v) is 15.1. The number of carboxylic acids is 1. The smallest absolute Gasteiger partial charge is 0.541 e. The van der Waals surface area contributed by atoms with E-state index in [1.54, 1.807) is 36.6 Å². The molecule has 0 radical (unpaired) electrons. The molecule has 0 bridgehead atoms. The van der Waals surface area contributed by atoms with Gasteiger partial charge in [0.2, 0.25) is 0 Å². The van der Waals surface area contributed by atoms with E-state index in [-0.39, 0.29) is 51.4 Å². The average Bonchev–Trinajstić information content (AvgIpc) is 2.45. The van der Waals surface area contributed by atoms with Gasteiger partial charge in [-0.2, -0.15) is 0 Å². The molecular formula is C14H17KO5. The summed E-state index contributed by atoms with van der Waals surface area (Å²) in [6.45, 7) is 1.90. The van der Waals surface area contributed by atoms with Crippen molar-refractivity contribution in [1.82, 2.24) is 0 Å². The van der Waals surface area contributed by atoms with Crippen LogP contribution in [0.2, 0.25) is 0 Å². The van der Waals surface area contributed by atoms with E-state index in [1.165, 1.54) is 7.11 Å². The Morgan fingerprint density at radius 1 is 1.30 bits per heavy atom. The molecule has 0 saturated heterocycles. The predicted molar refractivity (Wildman–Crippen MR) is 69.5 cm³/mol. The van der Waals surface area contributed by atoms with E-state index in [0.717, 1.165) is 6.42 Å². The second-order valence-corrected chi connectivity index (χ2v) is 3.65. The van der Waals surface area contributed by atoms with E-state index in [4.69, 9.17) is 5.11 Å². The molecule has 104 valence electrons. The molecule has 0 saturated carbocycles. The Hall–Kier alpha value is -0.534. The van der Waals surface area contributed by atoms with E-state index in [2.05, 4.69) is 4.74 Å². The van der Waals surface area contributed by atoms with Crippen molar-refractivity contribution >= 4 is 18.2 Å². The fraction of sp³-hybridized carbons (Fsp3) is 0.357. The first-order valence-corrected chi connectivity index (χ1v) is 5.80. The molecule has 6 heteroatoms. The standard InChI is InChI=1S/C7H11O3.C7H6O2.K/c1-3-4-6(5-8)7(9)10-2;8-7(9)6-4-2-1-3-5-6;/h6H,3-4H2,1-2H3;1-5H,(H,8,9);/q-1;;+1. The number of hydrogen-bond donors (Lipinski definition) is 1. The molecule has 0 aliphatic heterocycles. The van der Waals surface area contributed by atoms with Crippen LogP contribution >= 0.6 is 0 Å². The molecule has 1 rings (SSSR count). The Labute approximate surface area is 161 Å². The van der Waals surface area contributed by atoms with E-state index < -0.39 is 17.9 Å². The van der Waals surface area contributed by atoms with Crippen LogP contribution < -0.4 is 51.4 Å². The van der Waals surface area contributed by atoms with Crippen molar-refractivity contribution in [3.8, 4) is 0 Å². The predicted octanol–water partition coefficient (Wildman–Crippen LogP) is -0.926. The fourth-order valence-corrected chi connectivity index (χ4v) is 1.24. The zero-order valence-electron chi connectivity index (χ0n) is 12.0. The van der Waals surface area contributed by atoms with Crippen LogP contribution in [0.1, 0.15) is 30.1 Å². The third kappa shape index (κ3) is 9.38. The Kier molecular flexibility index (Phi) is 14.6. The van der Waals surface area contributed by atoms with Gasteiger partial charge in [0.25, 0.3) is 5.97 Å². The maximum absolute atomic E-state index is 10.6. The summed E-state index contributed by atoms with van der Waals surface area (Å²) < 4.78 is 4.35. The molecule has 0 fully saturated rings. The number of rotatable bonds is 5. The molecule has 5 nitrogen and oxygen atoms in total. The molecule has 20 heavy (non-hydrogen) atoms. The molecule has 0 aliphatic carbocycles. The van der Waals surface area contributed by atoms with Gasteiger partial charge >= 0.3 is 57.4 Å². The summed E-state index contributed by atoms with van der Waals surface area (Å²) in [5.41, 5.74) is 0.331. The van der Waals surface area contributed by atoms with Crippen LogP contribution in [0.4, 0.5) is 0 Å². The zero-order chi connectivity index (χ0) is 14.7. The summed E-state index contributed by atoms with van der Waals surface area (Å²) in [5, 5.41) is 8.38. The molecule has 1 unspecified atom stereocenters. The van der Waals surface area contributed by atoms with Crippen LogP contribution in [0.15, 0.2) is 30.3 Å². The Balaban J connectivity index is 0. The van der Waals surface area contributed by atoms with Crippen molar-refractivity contribution in [3.05, 3.63) is 35.9 Å². The molecule has 0 spiro atoms. The molecule has 1 aromatic rings. The quantitative estimate of drug-likeness (QED) is 0.329. The van der Waals surface area contributed by atoms with Crippen molar-refractivity contribution in [2.75, 3.05) is 7.11 Å². The number of esters is 1. The SMILES string of the molecule is CCCC([C-]=O)C(=O)OC.O=C(O)c1ccccc1.[K+]. The van der Waals surface area contributed by atoms with Crippen molar-refractivity contribution in [3.63, 3.8) is 0 Å². The monoisotopic (exact) mass is 304 g/mol. The second-order valence-electron chi connectivity index (χ2n) is 3.65. The summed E-state index contributed by atoms with van der Waals surface area (Å²) in [5.74, 6) is -2.05. The second kappa shape index (κ2) is 13.4.